The second-order valence-corrected chi connectivity index (χ2v) is 4.84. The lowest BCUT2D eigenvalue weighted by Crippen LogP contribution is -2.38. The van der Waals surface area contributed by atoms with Crippen LogP contribution < -0.4 is 10.5 Å². The molecule has 0 aliphatic rings. The van der Waals surface area contributed by atoms with Gasteiger partial charge in [-0.2, -0.15) is 0 Å². The van der Waals surface area contributed by atoms with Crippen LogP contribution in [0.5, 0.6) is 5.75 Å². The monoisotopic (exact) mass is 282 g/mol. The molecule has 0 amide bonds. The van der Waals surface area contributed by atoms with Crippen LogP contribution in [0.15, 0.2) is 18.2 Å². The molecular formula is C15H26N2O3. The normalized spacial score (nSPS) is 12.7. The highest BCUT2D eigenvalue weighted by Gasteiger charge is 2.16. The summed E-state index contributed by atoms with van der Waals surface area (Å²) in [5, 5.41) is 0. The highest BCUT2D eigenvalue weighted by atomic mass is 16.5. The average molecular weight is 282 g/mol. The van der Waals surface area contributed by atoms with Crippen molar-refractivity contribution in [3.05, 3.63) is 23.8 Å². The molecule has 5 nitrogen and oxygen atoms in total. The fraction of sp³-hybridized carbons (Fsp3) is 0.600. The first-order valence-corrected chi connectivity index (χ1v) is 6.76. The number of nitrogen functional groups attached to an aromatic ring is 1. The highest BCUT2D eigenvalue weighted by molar-refractivity contribution is 5.47. The molecule has 0 aromatic heterocycles. The summed E-state index contributed by atoms with van der Waals surface area (Å²) < 4.78 is 15.8. The Hall–Kier alpha value is -1.30. The number of ether oxygens (including phenoxy) is 3. The summed E-state index contributed by atoms with van der Waals surface area (Å²) in [6.07, 6.45) is 0. The Morgan fingerprint density at radius 3 is 2.55 bits per heavy atom. The van der Waals surface area contributed by atoms with Gasteiger partial charge in [-0.15, -0.1) is 0 Å². The van der Waals surface area contributed by atoms with E-state index < -0.39 is 0 Å². The predicted molar refractivity (Wildman–Crippen MR) is 81.0 cm³/mol. The molecule has 0 aliphatic carbocycles. The molecule has 0 radical (unpaired) electrons. The molecule has 1 rings (SSSR count). The molecule has 0 aliphatic heterocycles. The first-order chi connectivity index (χ1) is 9.62. The molecule has 5 heteroatoms. The SMILES string of the molecule is COCCN(Cc1cc(N)ccc1OC)C(C)COC. The lowest BCUT2D eigenvalue weighted by molar-refractivity contribution is 0.0700. The third kappa shape index (κ3) is 5.00. The van der Waals surface area contributed by atoms with Crippen molar-refractivity contribution >= 4 is 5.69 Å². The van der Waals surface area contributed by atoms with Gasteiger partial charge in [0.2, 0.25) is 0 Å². The van der Waals surface area contributed by atoms with Crippen molar-refractivity contribution in [2.45, 2.75) is 19.5 Å². The Bertz CT molecular complexity index is 399. The third-order valence-corrected chi connectivity index (χ3v) is 3.29. The Morgan fingerprint density at radius 1 is 1.20 bits per heavy atom. The van der Waals surface area contributed by atoms with Crippen molar-refractivity contribution in [3.63, 3.8) is 0 Å². The molecule has 0 saturated heterocycles. The number of hydrogen-bond acceptors (Lipinski definition) is 5. The Labute approximate surface area is 121 Å². The molecule has 0 bridgehead atoms. The fourth-order valence-electron chi connectivity index (χ4n) is 2.15. The number of hydrogen-bond donors (Lipinski definition) is 1. The molecule has 20 heavy (non-hydrogen) atoms. The second kappa shape index (κ2) is 8.79. The number of rotatable bonds is 9. The van der Waals surface area contributed by atoms with Gasteiger partial charge in [0.15, 0.2) is 0 Å². The quantitative estimate of drug-likeness (QED) is 0.699. The van der Waals surface area contributed by atoms with Gasteiger partial charge >= 0.3 is 0 Å². The zero-order chi connectivity index (χ0) is 15.0. The molecule has 1 unspecified atom stereocenters. The molecule has 114 valence electrons. The maximum absolute atomic E-state index is 5.87. The maximum atomic E-state index is 5.87. The number of nitrogens with zero attached hydrogens (tertiary/aromatic N) is 1. The number of nitrogens with two attached hydrogens (primary N) is 1. The molecule has 1 aromatic carbocycles. The van der Waals surface area contributed by atoms with Crippen LogP contribution in [0.1, 0.15) is 12.5 Å². The van der Waals surface area contributed by atoms with E-state index in [-0.39, 0.29) is 0 Å². The lowest BCUT2D eigenvalue weighted by Gasteiger charge is -2.29. The predicted octanol–water partition coefficient (Wildman–Crippen LogP) is 1.76. The molecule has 0 heterocycles. The molecule has 0 saturated carbocycles. The first kappa shape index (κ1) is 16.8. The van der Waals surface area contributed by atoms with E-state index in [9.17, 15) is 0 Å². The van der Waals surface area contributed by atoms with E-state index in [1.54, 1.807) is 21.3 Å². The molecule has 0 spiro atoms. The van der Waals surface area contributed by atoms with Crippen LogP contribution in [0, 0.1) is 0 Å². The minimum Gasteiger partial charge on any atom is -0.496 e. The van der Waals surface area contributed by atoms with Crippen molar-refractivity contribution in [3.8, 4) is 5.75 Å². The van der Waals surface area contributed by atoms with E-state index in [0.29, 0.717) is 19.3 Å². The number of benzene rings is 1. The summed E-state index contributed by atoms with van der Waals surface area (Å²) in [5.74, 6) is 0.853. The van der Waals surface area contributed by atoms with Crippen LogP contribution in [-0.4, -0.2) is 52.0 Å². The summed E-state index contributed by atoms with van der Waals surface area (Å²) >= 11 is 0. The van der Waals surface area contributed by atoms with Crippen LogP contribution in [0.25, 0.3) is 0 Å². The zero-order valence-corrected chi connectivity index (χ0v) is 12.9. The number of methoxy groups -OCH3 is 3. The minimum absolute atomic E-state index is 0.293. The van der Waals surface area contributed by atoms with Gasteiger partial charge in [0, 0.05) is 44.6 Å². The van der Waals surface area contributed by atoms with E-state index in [0.717, 1.165) is 30.1 Å². The van der Waals surface area contributed by atoms with Gasteiger partial charge in [0.05, 0.1) is 20.3 Å². The summed E-state index contributed by atoms with van der Waals surface area (Å²) in [6.45, 7) is 5.08. The van der Waals surface area contributed by atoms with Gasteiger partial charge in [-0.1, -0.05) is 0 Å². The van der Waals surface area contributed by atoms with Gasteiger partial charge in [-0.3, -0.25) is 4.90 Å². The van der Waals surface area contributed by atoms with Gasteiger partial charge in [-0.05, 0) is 25.1 Å². The average Bonchev–Trinajstić information content (AvgIpc) is 2.43. The second-order valence-electron chi connectivity index (χ2n) is 4.84. The molecule has 0 fully saturated rings. The van der Waals surface area contributed by atoms with Crippen LogP contribution in [0.3, 0.4) is 0 Å². The summed E-state index contributed by atoms with van der Waals surface area (Å²) in [7, 11) is 5.10. The van der Waals surface area contributed by atoms with Crippen molar-refractivity contribution < 1.29 is 14.2 Å². The smallest absolute Gasteiger partial charge is 0.123 e. The Balaban J connectivity index is 2.84. The zero-order valence-electron chi connectivity index (χ0n) is 12.9. The van der Waals surface area contributed by atoms with Crippen LogP contribution in [0.4, 0.5) is 5.69 Å². The lowest BCUT2D eigenvalue weighted by atomic mass is 10.1. The summed E-state index contributed by atoms with van der Waals surface area (Å²) in [4.78, 5) is 2.30. The Morgan fingerprint density at radius 2 is 1.95 bits per heavy atom. The van der Waals surface area contributed by atoms with Gasteiger partial charge < -0.3 is 19.9 Å². The van der Waals surface area contributed by atoms with Crippen LogP contribution in [-0.2, 0) is 16.0 Å². The summed E-state index contributed by atoms with van der Waals surface area (Å²) in [6, 6.07) is 6.00. The minimum atomic E-state index is 0.293. The summed E-state index contributed by atoms with van der Waals surface area (Å²) in [5.41, 5.74) is 7.69. The van der Waals surface area contributed by atoms with Crippen molar-refractivity contribution in [1.82, 2.24) is 4.90 Å². The molecule has 2 N–H and O–H groups in total. The largest absolute Gasteiger partial charge is 0.496 e. The molecule has 1 aromatic rings. The molecular weight excluding hydrogens is 256 g/mol. The van der Waals surface area contributed by atoms with Crippen LogP contribution in [0.2, 0.25) is 0 Å². The van der Waals surface area contributed by atoms with E-state index >= 15 is 0 Å². The topological polar surface area (TPSA) is 57.0 Å². The van der Waals surface area contributed by atoms with Gasteiger partial charge in [0.25, 0.3) is 0 Å². The highest BCUT2D eigenvalue weighted by Crippen LogP contribution is 2.23. The van der Waals surface area contributed by atoms with E-state index in [4.69, 9.17) is 19.9 Å². The fourth-order valence-corrected chi connectivity index (χ4v) is 2.15. The van der Waals surface area contributed by atoms with Crippen molar-refractivity contribution in [2.24, 2.45) is 0 Å². The van der Waals surface area contributed by atoms with E-state index in [2.05, 4.69) is 11.8 Å². The molecule has 1 atom stereocenters. The van der Waals surface area contributed by atoms with Crippen molar-refractivity contribution in [1.29, 1.82) is 0 Å². The van der Waals surface area contributed by atoms with Gasteiger partial charge in [-0.25, -0.2) is 0 Å². The standard InChI is InChI=1S/C15H26N2O3/c1-12(11-19-3)17(7-8-18-2)10-13-9-14(16)5-6-15(13)20-4/h5-6,9,12H,7-8,10-11,16H2,1-4H3. The van der Waals surface area contributed by atoms with Crippen LogP contribution >= 0.6 is 0 Å². The van der Waals surface area contributed by atoms with Crippen molar-refractivity contribution in [2.75, 3.05) is 46.8 Å². The van der Waals surface area contributed by atoms with E-state index in [1.807, 2.05) is 18.2 Å². The first-order valence-electron chi connectivity index (χ1n) is 6.76. The van der Waals surface area contributed by atoms with E-state index in [1.165, 1.54) is 0 Å². The Kier molecular flexibility index (Phi) is 7.36. The maximum Gasteiger partial charge on any atom is 0.123 e. The number of anilines is 1. The third-order valence-electron chi connectivity index (χ3n) is 3.29. The van der Waals surface area contributed by atoms with Gasteiger partial charge in [0.1, 0.15) is 5.75 Å².